The number of carbonyl (C=O) groups is 1. The molecule has 1 N–H and O–H groups in total. The standard InChI is InChI=1S/C7H10N3O/c1-6(2)9-7(11)10-5-3-4-8-10/h3,5-6H,1-2H3,(H,9,11). The third-order valence-electron chi connectivity index (χ3n) is 1.08. The van der Waals surface area contributed by atoms with Gasteiger partial charge in [-0.1, -0.05) is 0 Å². The second-order valence-corrected chi connectivity index (χ2v) is 2.49. The summed E-state index contributed by atoms with van der Waals surface area (Å²) in [5.74, 6) is 0. The first kappa shape index (κ1) is 7.78. The Morgan fingerprint density at radius 2 is 2.45 bits per heavy atom. The zero-order valence-corrected chi connectivity index (χ0v) is 6.53. The van der Waals surface area contributed by atoms with Crippen molar-refractivity contribution in [3.8, 4) is 0 Å². The van der Waals surface area contributed by atoms with Gasteiger partial charge in [0.15, 0.2) is 0 Å². The van der Waals surface area contributed by atoms with Gasteiger partial charge < -0.3 is 5.32 Å². The fourth-order valence-corrected chi connectivity index (χ4v) is 0.659. The van der Waals surface area contributed by atoms with Crippen LogP contribution in [0.25, 0.3) is 0 Å². The number of aromatic nitrogens is 2. The average molecular weight is 152 g/mol. The molecule has 0 aromatic carbocycles. The molecule has 1 aromatic rings. The molecule has 4 heteroatoms. The van der Waals surface area contributed by atoms with Crippen LogP contribution in [-0.4, -0.2) is 21.9 Å². The minimum atomic E-state index is -0.221. The molecule has 0 unspecified atom stereocenters. The molecule has 0 aliphatic heterocycles. The van der Waals surface area contributed by atoms with E-state index < -0.39 is 0 Å². The van der Waals surface area contributed by atoms with Crippen molar-refractivity contribution in [2.75, 3.05) is 0 Å². The van der Waals surface area contributed by atoms with E-state index in [4.69, 9.17) is 0 Å². The van der Waals surface area contributed by atoms with Crippen molar-refractivity contribution in [1.29, 1.82) is 0 Å². The molecule has 0 aliphatic rings. The van der Waals surface area contributed by atoms with Crippen LogP contribution in [0.1, 0.15) is 13.8 Å². The fourth-order valence-electron chi connectivity index (χ4n) is 0.659. The Labute approximate surface area is 65.2 Å². The maximum absolute atomic E-state index is 11.1. The Morgan fingerprint density at radius 1 is 1.73 bits per heavy atom. The molecule has 0 saturated carbocycles. The molecular formula is C7H10N3O. The molecule has 1 amide bonds. The third-order valence-corrected chi connectivity index (χ3v) is 1.08. The monoisotopic (exact) mass is 152 g/mol. The first-order valence-electron chi connectivity index (χ1n) is 3.42. The fraction of sp³-hybridized carbons (Fsp3) is 0.429. The van der Waals surface area contributed by atoms with Crippen molar-refractivity contribution in [2.24, 2.45) is 0 Å². The Morgan fingerprint density at radius 3 is 2.91 bits per heavy atom. The van der Waals surface area contributed by atoms with Crippen molar-refractivity contribution in [3.05, 3.63) is 18.5 Å². The summed E-state index contributed by atoms with van der Waals surface area (Å²) in [7, 11) is 0. The lowest BCUT2D eigenvalue weighted by molar-refractivity contribution is 0.237. The number of hydrogen-bond donors (Lipinski definition) is 1. The van der Waals surface area contributed by atoms with Gasteiger partial charge in [0.2, 0.25) is 0 Å². The Bertz CT molecular complexity index is 228. The number of rotatable bonds is 1. The Balaban J connectivity index is 2.57. The molecule has 0 atom stereocenters. The van der Waals surface area contributed by atoms with Crippen LogP contribution < -0.4 is 5.32 Å². The number of amides is 1. The molecular weight excluding hydrogens is 142 g/mol. The molecule has 1 radical (unpaired) electrons. The highest BCUT2D eigenvalue weighted by Crippen LogP contribution is 1.84. The van der Waals surface area contributed by atoms with Crippen molar-refractivity contribution in [1.82, 2.24) is 15.1 Å². The van der Waals surface area contributed by atoms with Crippen molar-refractivity contribution in [3.63, 3.8) is 0 Å². The van der Waals surface area contributed by atoms with Gasteiger partial charge in [-0.05, 0) is 19.9 Å². The second-order valence-electron chi connectivity index (χ2n) is 2.49. The van der Waals surface area contributed by atoms with Crippen LogP contribution in [0, 0.1) is 6.20 Å². The summed E-state index contributed by atoms with van der Waals surface area (Å²) in [5, 5.41) is 6.34. The van der Waals surface area contributed by atoms with Gasteiger partial charge in [0, 0.05) is 12.2 Å². The predicted octanol–water partition coefficient (Wildman–Crippen LogP) is 0.649. The molecule has 1 aromatic heterocycles. The topological polar surface area (TPSA) is 46.9 Å². The summed E-state index contributed by atoms with van der Waals surface area (Å²) in [6, 6.07) is 1.49. The lowest BCUT2D eigenvalue weighted by Crippen LogP contribution is -2.34. The highest BCUT2D eigenvalue weighted by Gasteiger charge is 2.03. The molecule has 0 fully saturated rings. The summed E-state index contributed by atoms with van der Waals surface area (Å²) in [4.78, 5) is 11.1. The Hall–Kier alpha value is -1.32. The van der Waals surface area contributed by atoms with Crippen LogP contribution in [0.4, 0.5) is 4.79 Å². The van der Waals surface area contributed by atoms with E-state index in [-0.39, 0.29) is 12.1 Å². The Kier molecular flexibility index (Phi) is 2.25. The van der Waals surface area contributed by atoms with Crippen LogP contribution in [0.15, 0.2) is 12.3 Å². The number of carbonyl (C=O) groups excluding carboxylic acids is 1. The summed E-state index contributed by atoms with van der Waals surface area (Å²) in [6.45, 7) is 3.79. The van der Waals surface area contributed by atoms with Gasteiger partial charge in [-0.25, -0.2) is 4.79 Å². The van der Waals surface area contributed by atoms with Crippen LogP contribution in [0.5, 0.6) is 0 Å². The molecule has 0 saturated heterocycles. The molecule has 59 valence electrons. The number of nitrogens with zero attached hydrogens (tertiary/aromatic N) is 2. The molecule has 4 nitrogen and oxygen atoms in total. The van der Waals surface area contributed by atoms with E-state index in [1.54, 1.807) is 12.3 Å². The smallest absolute Gasteiger partial charge is 0.334 e. The molecule has 1 rings (SSSR count). The van der Waals surface area contributed by atoms with Gasteiger partial charge in [-0.3, -0.25) is 0 Å². The molecule has 11 heavy (non-hydrogen) atoms. The van der Waals surface area contributed by atoms with E-state index in [2.05, 4.69) is 16.6 Å². The van der Waals surface area contributed by atoms with E-state index in [0.29, 0.717) is 0 Å². The molecule has 1 heterocycles. The zero-order chi connectivity index (χ0) is 8.27. The number of hydrogen-bond acceptors (Lipinski definition) is 2. The molecule has 0 spiro atoms. The third kappa shape index (κ3) is 2.07. The van der Waals surface area contributed by atoms with Crippen LogP contribution in [-0.2, 0) is 0 Å². The van der Waals surface area contributed by atoms with Gasteiger partial charge >= 0.3 is 6.03 Å². The van der Waals surface area contributed by atoms with Crippen LogP contribution in [0.3, 0.4) is 0 Å². The normalized spacial score (nSPS) is 10.1. The van der Waals surface area contributed by atoms with Crippen molar-refractivity contribution in [2.45, 2.75) is 19.9 Å². The van der Waals surface area contributed by atoms with E-state index in [0.717, 1.165) is 0 Å². The van der Waals surface area contributed by atoms with Gasteiger partial charge in [0.05, 0.1) is 0 Å². The summed E-state index contributed by atoms with van der Waals surface area (Å²) < 4.78 is 1.21. The van der Waals surface area contributed by atoms with Gasteiger partial charge in [-0.15, -0.1) is 0 Å². The van der Waals surface area contributed by atoms with E-state index >= 15 is 0 Å². The highest BCUT2D eigenvalue weighted by molar-refractivity contribution is 5.75. The second kappa shape index (κ2) is 3.18. The maximum atomic E-state index is 11.1. The van der Waals surface area contributed by atoms with Crippen LogP contribution >= 0.6 is 0 Å². The lowest BCUT2D eigenvalue weighted by atomic mass is 10.4. The summed E-state index contributed by atoms with van der Waals surface area (Å²) in [6.07, 6.45) is 4.09. The molecule has 0 aliphatic carbocycles. The predicted molar refractivity (Wildman–Crippen MR) is 40.1 cm³/mol. The van der Waals surface area contributed by atoms with Gasteiger partial charge in [-0.2, -0.15) is 9.78 Å². The SMILES string of the molecule is CC(C)NC(=O)n1cc[c]n1. The van der Waals surface area contributed by atoms with Crippen LogP contribution in [0.2, 0.25) is 0 Å². The lowest BCUT2D eigenvalue weighted by Gasteiger charge is -2.06. The minimum Gasteiger partial charge on any atom is -0.334 e. The zero-order valence-electron chi connectivity index (χ0n) is 6.53. The molecule has 0 bridgehead atoms. The van der Waals surface area contributed by atoms with E-state index in [1.807, 2.05) is 13.8 Å². The first-order valence-corrected chi connectivity index (χ1v) is 3.42. The first-order chi connectivity index (χ1) is 5.20. The van der Waals surface area contributed by atoms with Crippen molar-refractivity contribution >= 4 is 6.03 Å². The summed E-state index contributed by atoms with van der Waals surface area (Å²) >= 11 is 0. The van der Waals surface area contributed by atoms with Gasteiger partial charge in [0.25, 0.3) is 0 Å². The quantitative estimate of drug-likeness (QED) is 0.642. The average Bonchev–Trinajstić information content (AvgIpc) is 2.35. The largest absolute Gasteiger partial charge is 0.342 e. The van der Waals surface area contributed by atoms with Gasteiger partial charge in [0.1, 0.15) is 6.20 Å². The van der Waals surface area contributed by atoms with E-state index in [1.165, 1.54) is 4.68 Å². The number of nitrogens with one attached hydrogen (secondary N) is 1. The summed E-state index contributed by atoms with van der Waals surface area (Å²) in [5.41, 5.74) is 0. The maximum Gasteiger partial charge on any atom is 0.342 e. The van der Waals surface area contributed by atoms with E-state index in [9.17, 15) is 4.79 Å². The highest BCUT2D eigenvalue weighted by atomic mass is 16.2. The minimum absolute atomic E-state index is 0.131. The van der Waals surface area contributed by atoms with Crippen molar-refractivity contribution < 1.29 is 4.79 Å².